The lowest BCUT2D eigenvalue weighted by Crippen LogP contribution is -2.43. The number of nitrogens with one attached hydrogen (secondary N) is 2. The number of ether oxygens (including phenoxy) is 1. The molecule has 0 bridgehead atoms. The fourth-order valence-electron chi connectivity index (χ4n) is 6.56. The first-order valence-electron chi connectivity index (χ1n) is 13.4. The molecule has 1 aliphatic carbocycles. The summed E-state index contributed by atoms with van der Waals surface area (Å²) in [4.78, 5) is 0. The fraction of sp³-hybridized carbons (Fsp3) is 0.111. The van der Waals surface area contributed by atoms with Crippen LogP contribution in [0.3, 0.4) is 0 Å². The normalized spacial score (nSPS) is 15.2. The number of thioether (sulfide) groups is 1. The molecule has 0 radical (unpaired) electrons. The molecule has 1 aliphatic heterocycles. The summed E-state index contributed by atoms with van der Waals surface area (Å²) in [5.74, 6) is 1.73. The summed E-state index contributed by atoms with van der Waals surface area (Å²) < 4.78 is 6.47. The molecular formula is C36H28N2OS. The van der Waals surface area contributed by atoms with Gasteiger partial charge in [-0.2, -0.15) is 0 Å². The van der Waals surface area contributed by atoms with Gasteiger partial charge in [0.05, 0.1) is 5.41 Å². The summed E-state index contributed by atoms with van der Waals surface area (Å²) in [6.45, 7) is 4.56. The van der Waals surface area contributed by atoms with Crippen LogP contribution in [-0.4, -0.2) is 10.1 Å². The van der Waals surface area contributed by atoms with Crippen molar-refractivity contribution in [3.05, 3.63) is 166 Å². The second kappa shape index (κ2) is 9.07. The minimum absolute atomic E-state index is 0.298. The van der Waals surface area contributed by atoms with Crippen molar-refractivity contribution in [3.8, 4) is 11.5 Å². The van der Waals surface area contributed by atoms with Gasteiger partial charge in [0.25, 0.3) is 0 Å². The zero-order chi connectivity index (χ0) is 27.5. The highest BCUT2D eigenvalue weighted by atomic mass is 32.2. The summed E-state index contributed by atoms with van der Waals surface area (Å²) in [6, 6.07) is 41.6. The molecule has 0 atom stereocenters. The Bertz CT molecular complexity index is 1780. The molecule has 0 amide bonds. The number of fused-ring (bicyclic) bond motifs is 8. The standard InChI is InChI=1S/C36H28N2OS/c1-35(2)25-14-6-7-15-26(25)36(28-16-8-10-18-31(28)39-32-19-11-9-17-29(32)36)27-21-20-24(22-30(27)35)34(38)40-33(37)23-12-4-3-5-13-23/h3-22,37-38H,1-2H3. The maximum absolute atomic E-state index is 8.97. The molecule has 0 unspecified atom stereocenters. The predicted molar refractivity (Wildman–Crippen MR) is 165 cm³/mol. The SMILES string of the molecule is CC1(C)c2ccccc2C2(c3ccccc3Oc3ccccc32)c2ccc(C(=N)SC(=N)c3ccccc3)cc21. The number of hydrogen-bond donors (Lipinski definition) is 2. The highest BCUT2D eigenvalue weighted by Gasteiger charge is 2.52. The molecule has 40 heavy (non-hydrogen) atoms. The van der Waals surface area contributed by atoms with Crippen molar-refractivity contribution in [2.45, 2.75) is 24.7 Å². The van der Waals surface area contributed by atoms with E-state index < -0.39 is 5.41 Å². The molecule has 1 heterocycles. The Morgan fingerprint density at radius 2 is 1.02 bits per heavy atom. The van der Waals surface area contributed by atoms with Gasteiger partial charge in [0.2, 0.25) is 0 Å². The lowest BCUT2D eigenvalue weighted by Gasteiger charge is -2.50. The Labute approximate surface area is 238 Å². The van der Waals surface area contributed by atoms with E-state index in [0.717, 1.165) is 33.8 Å². The van der Waals surface area contributed by atoms with Gasteiger partial charge < -0.3 is 4.74 Å². The molecule has 3 nitrogen and oxygen atoms in total. The van der Waals surface area contributed by atoms with Gasteiger partial charge in [-0.3, -0.25) is 10.8 Å². The smallest absolute Gasteiger partial charge is 0.132 e. The Balaban J connectivity index is 1.47. The molecule has 2 aliphatic rings. The first-order valence-corrected chi connectivity index (χ1v) is 14.3. The van der Waals surface area contributed by atoms with Gasteiger partial charge >= 0.3 is 0 Å². The molecule has 0 aromatic heterocycles. The third-order valence-electron chi connectivity index (χ3n) is 8.41. The molecule has 194 valence electrons. The Morgan fingerprint density at radius 1 is 0.525 bits per heavy atom. The van der Waals surface area contributed by atoms with Gasteiger partial charge in [-0.25, -0.2) is 0 Å². The van der Waals surface area contributed by atoms with Crippen LogP contribution in [-0.2, 0) is 10.8 Å². The van der Waals surface area contributed by atoms with Crippen LogP contribution in [0.5, 0.6) is 11.5 Å². The minimum atomic E-state index is -0.558. The largest absolute Gasteiger partial charge is 0.457 e. The summed E-state index contributed by atoms with van der Waals surface area (Å²) in [6.07, 6.45) is 0. The van der Waals surface area contributed by atoms with Crippen LogP contribution < -0.4 is 4.74 Å². The van der Waals surface area contributed by atoms with Crippen molar-refractivity contribution in [1.82, 2.24) is 0 Å². The molecular weight excluding hydrogens is 508 g/mol. The van der Waals surface area contributed by atoms with E-state index in [1.54, 1.807) is 0 Å². The highest BCUT2D eigenvalue weighted by Crippen LogP contribution is 2.61. The van der Waals surface area contributed by atoms with Crippen LogP contribution in [0.1, 0.15) is 58.4 Å². The van der Waals surface area contributed by atoms with Crippen LogP contribution >= 0.6 is 11.8 Å². The molecule has 5 aromatic carbocycles. The molecule has 0 saturated carbocycles. The van der Waals surface area contributed by atoms with Gasteiger partial charge in [0.1, 0.15) is 21.6 Å². The van der Waals surface area contributed by atoms with Crippen molar-refractivity contribution < 1.29 is 4.74 Å². The molecule has 2 N–H and O–H groups in total. The van der Waals surface area contributed by atoms with E-state index in [4.69, 9.17) is 15.6 Å². The number of hydrogen-bond acceptors (Lipinski definition) is 4. The fourth-order valence-corrected chi connectivity index (χ4v) is 7.26. The van der Waals surface area contributed by atoms with Crippen molar-refractivity contribution in [3.63, 3.8) is 0 Å². The van der Waals surface area contributed by atoms with E-state index in [-0.39, 0.29) is 5.41 Å². The third kappa shape index (κ3) is 3.46. The van der Waals surface area contributed by atoms with Gasteiger partial charge in [-0.15, -0.1) is 0 Å². The monoisotopic (exact) mass is 536 g/mol. The summed E-state index contributed by atoms with van der Waals surface area (Å²) >= 11 is 1.19. The van der Waals surface area contributed by atoms with E-state index in [0.29, 0.717) is 10.1 Å². The molecule has 0 fully saturated rings. The maximum atomic E-state index is 8.97. The molecule has 0 saturated heterocycles. The van der Waals surface area contributed by atoms with Gasteiger partial charge in [0.15, 0.2) is 0 Å². The van der Waals surface area contributed by atoms with Crippen LogP contribution in [0.2, 0.25) is 0 Å². The van der Waals surface area contributed by atoms with E-state index >= 15 is 0 Å². The van der Waals surface area contributed by atoms with Crippen LogP contribution in [0, 0.1) is 10.8 Å². The van der Waals surface area contributed by atoms with Crippen LogP contribution in [0.25, 0.3) is 0 Å². The summed E-state index contributed by atoms with van der Waals surface area (Å²) in [7, 11) is 0. The zero-order valence-electron chi connectivity index (χ0n) is 22.4. The summed E-state index contributed by atoms with van der Waals surface area (Å²) in [5, 5.41) is 18.3. The van der Waals surface area contributed by atoms with Crippen molar-refractivity contribution in [2.24, 2.45) is 0 Å². The lowest BCUT2D eigenvalue weighted by molar-refractivity contribution is 0.425. The quantitative estimate of drug-likeness (QED) is 0.171. The van der Waals surface area contributed by atoms with Crippen LogP contribution in [0.15, 0.2) is 121 Å². The first kappa shape index (κ1) is 24.6. The minimum Gasteiger partial charge on any atom is -0.457 e. The van der Waals surface area contributed by atoms with E-state index in [1.165, 1.54) is 34.0 Å². The topological polar surface area (TPSA) is 56.9 Å². The average molecular weight is 537 g/mol. The van der Waals surface area contributed by atoms with Gasteiger partial charge in [-0.05, 0) is 40.5 Å². The zero-order valence-corrected chi connectivity index (χ0v) is 23.2. The molecule has 1 spiro atoms. The number of benzene rings is 5. The number of para-hydroxylation sites is 2. The molecule has 5 aromatic rings. The second-order valence-electron chi connectivity index (χ2n) is 10.9. The highest BCUT2D eigenvalue weighted by molar-refractivity contribution is 8.27. The van der Waals surface area contributed by atoms with Crippen LogP contribution in [0.4, 0.5) is 0 Å². The van der Waals surface area contributed by atoms with E-state index in [2.05, 4.69) is 92.7 Å². The molecule has 7 rings (SSSR count). The third-order valence-corrected chi connectivity index (χ3v) is 9.29. The van der Waals surface area contributed by atoms with Crippen molar-refractivity contribution in [1.29, 1.82) is 10.8 Å². The predicted octanol–water partition coefficient (Wildman–Crippen LogP) is 8.90. The maximum Gasteiger partial charge on any atom is 0.132 e. The van der Waals surface area contributed by atoms with E-state index in [1.807, 2.05) is 42.5 Å². The Morgan fingerprint density at radius 3 is 1.68 bits per heavy atom. The average Bonchev–Trinajstić information content (AvgIpc) is 2.99. The van der Waals surface area contributed by atoms with Gasteiger partial charge in [0, 0.05) is 27.7 Å². The van der Waals surface area contributed by atoms with Gasteiger partial charge in [-0.1, -0.05) is 129 Å². The van der Waals surface area contributed by atoms with Crippen molar-refractivity contribution in [2.75, 3.05) is 0 Å². The Hall–Kier alpha value is -4.41. The molecule has 4 heteroatoms. The lowest BCUT2D eigenvalue weighted by atomic mass is 9.53. The van der Waals surface area contributed by atoms with Crippen molar-refractivity contribution >= 4 is 21.8 Å². The van der Waals surface area contributed by atoms with E-state index in [9.17, 15) is 0 Å². The number of rotatable bonds is 2. The Kier molecular flexibility index (Phi) is 5.58. The first-order chi connectivity index (χ1) is 19.4. The second-order valence-corrected chi connectivity index (χ2v) is 11.9. The summed E-state index contributed by atoms with van der Waals surface area (Å²) in [5.41, 5.74) is 7.96.